The molecule has 4 heteroatoms. The van der Waals surface area contributed by atoms with Crippen LogP contribution >= 0.6 is 0 Å². The van der Waals surface area contributed by atoms with E-state index in [9.17, 15) is 0 Å². The standard InChI is InChI=1S/C23H44N2.2HI/c1-20-18-24(14-8-22(20)9-15-24)12-6-4-3-5-7-13-25-16-10-23(11-17-25)21(2)19-25;;/h20-23H,3-19H2,1-2H3;2*1H/q+2;;/p-2. The number of rotatable bonds is 8. The van der Waals surface area contributed by atoms with E-state index in [2.05, 4.69) is 13.8 Å². The van der Waals surface area contributed by atoms with Gasteiger partial charge < -0.3 is 56.9 Å². The Kier molecular flexibility index (Phi) is 9.68. The minimum atomic E-state index is 0. The third-order valence-electron chi connectivity index (χ3n) is 9.12. The molecule has 0 aromatic carbocycles. The monoisotopic (exact) mass is 602 g/mol. The quantitative estimate of drug-likeness (QED) is 0.184. The van der Waals surface area contributed by atoms with E-state index in [1.807, 2.05) is 0 Å². The van der Waals surface area contributed by atoms with Crippen molar-refractivity contribution < 1.29 is 56.9 Å². The van der Waals surface area contributed by atoms with E-state index in [-0.39, 0.29) is 48.0 Å². The Labute approximate surface area is 203 Å². The van der Waals surface area contributed by atoms with Crippen LogP contribution in [0.2, 0.25) is 0 Å². The van der Waals surface area contributed by atoms with Gasteiger partial charge in [-0.05, 0) is 37.5 Å². The molecule has 2 unspecified atom stereocenters. The van der Waals surface area contributed by atoms with Crippen molar-refractivity contribution in [1.82, 2.24) is 0 Å². The van der Waals surface area contributed by atoms with Gasteiger partial charge in [0.25, 0.3) is 0 Å². The van der Waals surface area contributed by atoms with Gasteiger partial charge in [0.15, 0.2) is 0 Å². The van der Waals surface area contributed by atoms with E-state index in [0.717, 1.165) is 23.7 Å². The summed E-state index contributed by atoms with van der Waals surface area (Å²) in [5, 5.41) is 0. The van der Waals surface area contributed by atoms with Gasteiger partial charge in [-0.3, -0.25) is 0 Å². The molecule has 0 aromatic rings. The molecule has 0 spiro atoms. The van der Waals surface area contributed by atoms with Crippen LogP contribution in [0, 0.1) is 23.7 Å². The van der Waals surface area contributed by atoms with Crippen molar-refractivity contribution in [3.63, 3.8) is 0 Å². The summed E-state index contributed by atoms with van der Waals surface area (Å²) in [5.74, 6) is 4.17. The number of quaternary nitrogens is 2. The smallest absolute Gasteiger partial charge is 0.0815 e. The van der Waals surface area contributed by atoms with E-state index in [4.69, 9.17) is 0 Å². The molecule has 6 fully saturated rings. The molecule has 27 heavy (non-hydrogen) atoms. The van der Waals surface area contributed by atoms with Crippen molar-refractivity contribution in [3.8, 4) is 0 Å². The molecule has 6 aliphatic rings. The molecule has 6 saturated heterocycles. The minimum Gasteiger partial charge on any atom is -1.00 e. The lowest BCUT2D eigenvalue weighted by Crippen LogP contribution is -3.00. The molecule has 0 aromatic heterocycles. The van der Waals surface area contributed by atoms with E-state index in [0.29, 0.717) is 0 Å². The summed E-state index contributed by atoms with van der Waals surface area (Å²) in [5.41, 5.74) is 0. The molecule has 0 radical (unpaired) electrons. The van der Waals surface area contributed by atoms with Crippen LogP contribution in [0.5, 0.6) is 0 Å². The van der Waals surface area contributed by atoms with Gasteiger partial charge >= 0.3 is 0 Å². The SMILES string of the molecule is CC1C[N+]2(CCCCCCC[N+]34CCC(CC3)C(C)C4)CCC1CC2.[I-].[I-]. The topological polar surface area (TPSA) is 0 Å². The highest BCUT2D eigenvalue weighted by molar-refractivity contribution is 4.78. The molecule has 0 N–H and O–H groups in total. The molecule has 4 bridgehead atoms. The molecule has 160 valence electrons. The second-order valence-corrected chi connectivity index (χ2v) is 10.8. The predicted octanol–water partition coefficient (Wildman–Crippen LogP) is -1.30. The first kappa shape index (κ1) is 24.6. The normalized spacial score (nSPS) is 42.4. The van der Waals surface area contributed by atoms with E-state index < -0.39 is 0 Å². The molecule has 6 heterocycles. The van der Waals surface area contributed by atoms with Crippen LogP contribution < -0.4 is 48.0 Å². The van der Waals surface area contributed by atoms with Gasteiger partial charge in [-0.25, -0.2) is 0 Å². The van der Waals surface area contributed by atoms with Crippen molar-refractivity contribution in [2.24, 2.45) is 23.7 Å². The summed E-state index contributed by atoms with van der Waals surface area (Å²) in [6.45, 7) is 17.1. The van der Waals surface area contributed by atoms with Crippen molar-refractivity contribution in [2.45, 2.75) is 71.6 Å². The molecule has 2 atom stereocenters. The highest BCUT2D eigenvalue weighted by Crippen LogP contribution is 2.38. The number of piperidine rings is 6. The second-order valence-electron chi connectivity index (χ2n) is 10.8. The van der Waals surface area contributed by atoms with Crippen molar-refractivity contribution in [2.75, 3.05) is 52.4 Å². The lowest BCUT2D eigenvalue weighted by molar-refractivity contribution is -0.947. The summed E-state index contributed by atoms with van der Waals surface area (Å²) in [4.78, 5) is 0. The van der Waals surface area contributed by atoms with Gasteiger partial charge in [-0.1, -0.05) is 20.3 Å². The van der Waals surface area contributed by atoms with Crippen molar-refractivity contribution in [3.05, 3.63) is 0 Å². The number of hydrogen-bond donors (Lipinski definition) is 0. The van der Waals surface area contributed by atoms with Crippen LogP contribution in [0.4, 0.5) is 0 Å². The number of halogens is 2. The molecule has 6 rings (SSSR count). The average molecular weight is 602 g/mol. The van der Waals surface area contributed by atoms with E-state index in [1.54, 1.807) is 0 Å². The van der Waals surface area contributed by atoms with Crippen LogP contribution in [0.25, 0.3) is 0 Å². The largest absolute Gasteiger partial charge is 1.00 e. The fourth-order valence-electron chi connectivity index (χ4n) is 7.35. The van der Waals surface area contributed by atoms with Gasteiger partial charge in [-0.2, -0.15) is 0 Å². The zero-order valence-electron chi connectivity index (χ0n) is 18.0. The third kappa shape index (κ3) is 5.75. The highest BCUT2D eigenvalue weighted by atomic mass is 127. The lowest BCUT2D eigenvalue weighted by Gasteiger charge is -2.52. The van der Waals surface area contributed by atoms with Crippen molar-refractivity contribution >= 4 is 0 Å². The molecule has 0 amide bonds. The summed E-state index contributed by atoms with van der Waals surface area (Å²) in [6, 6.07) is 0. The predicted molar refractivity (Wildman–Crippen MR) is 106 cm³/mol. The molecular formula is C23H44I2N2. The third-order valence-corrected chi connectivity index (χ3v) is 9.12. The lowest BCUT2D eigenvalue weighted by atomic mass is 9.78. The average Bonchev–Trinajstić information content (AvgIpc) is 2.62. The Morgan fingerprint density at radius 1 is 0.556 bits per heavy atom. The van der Waals surface area contributed by atoms with E-state index >= 15 is 0 Å². The first-order valence-electron chi connectivity index (χ1n) is 11.8. The Morgan fingerprint density at radius 3 is 1.22 bits per heavy atom. The summed E-state index contributed by atoms with van der Waals surface area (Å²) in [6.07, 6.45) is 13.6. The molecule has 0 saturated carbocycles. The molecule has 6 aliphatic heterocycles. The molecule has 2 nitrogen and oxygen atoms in total. The van der Waals surface area contributed by atoms with E-state index in [1.165, 1.54) is 119 Å². The number of unbranched alkanes of at least 4 members (excludes halogenated alkanes) is 4. The maximum Gasteiger partial charge on any atom is 0.0815 e. The second kappa shape index (κ2) is 10.6. The minimum absolute atomic E-state index is 0. The summed E-state index contributed by atoms with van der Waals surface area (Å²) < 4.78 is 2.99. The summed E-state index contributed by atoms with van der Waals surface area (Å²) in [7, 11) is 0. The Bertz CT molecular complexity index is 400. The maximum atomic E-state index is 2.52. The van der Waals surface area contributed by atoms with Gasteiger partial charge in [0.2, 0.25) is 0 Å². The zero-order valence-corrected chi connectivity index (χ0v) is 22.3. The highest BCUT2D eigenvalue weighted by Gasteiger charge is 2.44. The van der Waals surface area contributed by atoms with Gasteiger partial charge in [-0.15, -0.1) is 0 Å². The zero-order chi connectivity index (χ0) is 17.3. The van der Waals surface area contributed by atoms with Crippen LogP contribution in [-0.2, 0) is 0 Å². The van der Waals surface area contributed by atoms with Crippen LogP contribution in [0.1, 0.15) is 71.6 Å². The number of nitrogens with zero attached hydrogens (tertiary/aromatic N) is 2. The summed E-state index contributed by atoms with van der Waals surface area (Å²) >= 11 is 0. The Morgan fingerprint density at radius 2 is 0.889 bits per heavy atom. The molecule has 0 aliphatic carbocycles. The van der Waals surface area contributed by atoms with Crippen LogP contribution in [0.3, 0.4) is 0 Å². The number of fused-ring (bicyclic) bond motifs is 6. The first-order chi connectivity index (χ1) is 12.1. The van der Waals surface area contributed by atoms with Crippen molar-refractivity contribution in [1.29, 1.82) is 0 Å². The maximum absolute atomic E-state index is 2.52. The van der Waals surface area contributed by atoms with Gasteiger partial charge in [0.1, 0.15) is 0 Å². The molecular weight excluding hydrogens is 558 g/mol. The fourth-order valence-corrected chi connectivity index (χ4v) is 7.35. The van der Waals surface area contributed by atoms with Gasteiger partial charge in [0.05, 0.1) is 52.4 Å². The Hall–Kier alpha value is 1.38. The van der Waals surface area contributed by atoms with Crippen LogP contribution in [-0.4, -0.2) is 61.3 Å². The number of hydrogen-bond acceptors (Lipinski definition) is 0. The Balaban J connectivity index is 0.00000131. The van der Waals surface area contributed by atoms with Gasteiger partial charge in [0, 0.05) is 37.5 Å². The fraction of sp³-hybridized carbons (Fsp3) is 1.00. The van der Waals surface area contributed by atoms with Crippen LogP contribution in [0.15, 0.2) is 0 Å². The first-order valence-corrected chi connectivity index (χ1v) is 11.8.